The second-order valence-electron chi connectivity index (χ2n) is 4.74. The van der Waals surface area contributed by atoms with Crippen molar-refractivity contribution in [2.24, 2.45) is 0 Å². The lowest BCUT2D eigenvalue weighted by Crippen LogP contribution is -2.31. The van der Waals surface area contributed by atoms with E-state index in [1.54, 1.807) is 11.9 Å². The van der Waals surface area contributed by atoms with Gasteiger partial charge in [0.05, 0.1) is 6.54 Å². The molecular formula is C16H16ClIN2O. The summed E-state index contributed by atoms with van der Waals surface area (Å²) in [5.74, 6) is 0.0449. The van der Waals surface area contributed by atoms with Crippen molar-refractivity contribution in [3.63, 3.8) is 0 Å². The third-order valence-corrected chi connectivity index (χ3v) is 4.02. The predicted octanol–water partition coefficient (Wildman–Crippen LogP) is 4.02. The molecule has 0 heterocycles. The van der Waals surface area contributed by atoms with Gasteiger partial charge < -0.3 is 10.2 Å². The Morgan fingerprint density at radius 1 is 1.14 bits per heavy atom. The minimum absolute atomic E-state index is 0.0449. The maximum absolute atomic E-state index is 12.1. The summed E-state index contributed by atoms with van der Waals surface area (Å²) in [6.07, 6.45) is 0. The van der Waals surface area contributed by atoms with Gasteiger partial charge in [-0.2, -0.15) is 0 Å². The number of likely N-dealkylation sites (N-methyl/N-ethyl adjacent to an activating group) is 1. The fraction of sp³-hybridized carbons (Fsp3) is 0.188. The zero-order valence-electron chi connectivity index (χ0n) is 11.6. The number of carbonyl (C=O) groups excluding carboxylic acids is 1. The molecule has 21 heavy (non-hydrogen) atoms. The molecule has 5 heteroatoms. The number of anilines is 1. The molecule has 0 spiro atoms. The molecule has 110 valence electrons. The number of hydrogen-bond acceptors (Lipinski definition) is 2. The van der Waals surface area contributed by atoms with Crippen LogP contribution in [0.2, 0.25) is 5.02 Å². The zero-order valence-corrected chi connectivity index (χ0v) is 14.6. The monoisotopic (exact) mass is 414 g/mol. The molecule has 0 aliphatic heterocycles. The molecular weight excluding hydrogens is 399 g/mol. The molecule has 0 radical (unpaired) electrons. The summed E-state index contributed by atoms with van der Waals surface area (Å²) in [5, 5.41) is 3.83. The van der Waals surface area contributed by atoms with E-state index in [1.807, 2.05) is 48.5 Å². The van der Waals surface area contributed by atoms with Gasteiger partial charge in [0.2, 0.25) is 5.91 Å². The fourth-order valence-electron chi connectivity index (χ4n) is 1.83. The van der Waals surface area contributed by atoms with E-state index in [-0.39, 0.29) is 12.5 Å². The topological polar surface area (TPSA) is 32.3 Å². The first-order valence-electron chi connectivity index (χ1n) is 6.52. The van der Waals surface area contributed by atoms with Crippen molar-refractivity contribution in [1.82, 2.24) is 4.90 Å². The summed E-state index contributed by atoms with van der Waals surface area (Å²) in [6.45, 7) is 0.856. The van der Waals surface area contributed by atoms with E-state index in [2.05, 4.69) is 27.9 Å². The van der Waals surface area contributed by atoms with Crippen LogP contribution < -0.4 is 5.32 Å². The van der Waals surface area contributed by atoms with Crippen LogP contribution in [0.5, 0.6) is 0 Å². The minimum atomic E-state index is 0.0449. The number of carbonyl (C=O) groups is 1. The number of benzene rings is 2. The SMILES string of the molecule is CN(Cc1ccc(Cl)cc1)C(=O)CNc1ccc(I)cc1. The van der Waals surface area contributed by atoms with Crippen LogP contribution in [0.1, 0.15) is 5.56 Å². The van der Waals surface area contributed by atoms with Crippen molar-refractivity contribution in [1.29, 1.82) is 0 Å². The van der Waals surface area contributed by atoms with Gasteiger partial charge in [0, 0.05) is 27.9 Å². The molecule has 0 atom stereocenters. The first-order chi connectivity index (χ1) is 10.0. The number of rotatable bonds is 5. The Morgan fingerprint density at radius 2 is 1.76 bits per heavy atom. The van der Waals surface area contributed by atoms with Crippen LogP contribution in [0.4, 0.5) is 5.69 Å². The molecule has 2 aromatic carbocycles. The maximum Gasteiger partial charge on any atom is 0.241 e. The van der Waals surface area contributed by atoms with Crippen LogP contribution in [0.25, 0.3) is 0 Å². The van der Waals surface area contributed by atoms with E-state index in [4.69, 9.17) is 11.6 Å². The van der Waals surface area contributed by atoms with E-state index < -0.39 is 0 Å². The lowest BCUT2D eigenvalue weighted by Gasteiger charge is -2.18. The van der Waals surface area contributed by atoms with Crippen LogP contribution in [-0.4, -0.2) is 24.4 Å². The Balaban J connectivity index is 1.84. The van der Waals surface area contributed by atoms with E-state index in [9.17, 15) is 4.79 Å². The summed E-state index contributed by atoms with van der Waals surface area (Å²) in [4.78, 5) is 13.8. The minimum Gasteiger partial charge on any atom is -0.376 e. The summed E-state index contributed by atoms with van der Waals surface area (Å²) in [5.41, 5.74) is 2.01. The molecule has 0 aromatic heterocycles. The van der Waals surface area contributed by atoms with E-state index in [1.165, 1.54) is 3.57 Å². The summed E-state index contributed by atoms with van der Waals surface area (Å²) in [6, 6.07) is 15.5. The van der Waals surface area contributed by atoms with Crippen LogP contribution in [0.15, 0.2) is 48.5 Å². The summed E-state index contributed by atoms with van der Waals surface area (Å²) < 4.78 is 1.17. The highest BCUT2D eigenvalue weighted by molar-refractivity contribution is 14.1. The molecule has 3 nitrogen and oxygen atoms in total. The lowest BCUT2D eigenvalue weighted by atomic mass is 10.2. The van der Waals surface area contributed by atoms with Crippen molar-refractivity contribution in [2.45, 2.75) is 6.54 Å². The predicted molar refractivity (Wildman–Crippen MR) is 95.6 cm³/mol. The standard InChI is InChI=1S/C16H16ClIN2O/c1-20(11-12-2-4-13(17)5-3-12)16(21)10-19-15-8-6-14(18)7-9-15/h2-9,19H,10-11H2,1H3. The first kappa shape index (κ1) is 16.1. The normalized spacial score (nSPS) is 10.2. The average molecular weight is 415 g/mol. The quantitative estimate of drug-likeness (QED) is 0.750. The fourth-order valence-corrected chi connectivity index (χ4v) is 2.32. The molecule has 0 aliphatic carbocycles. The smallest absolute Gasteiger partial charge is 0.241 e. The second-order valence-corrected chi connectivity index (χ2v) is 6.42. The Hall–Kier alpha value is -1.27. The highest BCUT2D eigenvalue weighted by Crippen LogP contribution is 2.12. The molecule has 0 saturated heterocycles. The van der Waals surface area contributed by atoms with Gasteiger partial charge in [-0.3, -0.25) is 4.79 Å². The van der Waals surface area contributed by atoms with Gasteiger partial charge in [0.15, 0.2) is 0 Å². The van der Waals surface area contributed by atoms with Crippen LogP contribution >= 0.6 is 34.2 Å². The zero-order chi connectivity index (χ0) is 15.2. The van der Waals surface area contributed by atoms with Gasteiger partial charge in [-0.1, -0.05) is 23.7 Å². The van der Waals surface area contributed by atoms with Gasteiger partial charge in [0.25, 0.3) is 0 Å². The summed E-state index contributed by atoms with van der Waals surface area (Å²) >= 11 is 8.10. The molecule has 2 rings (SSSR count). The number of nitrogens with zero attached hydrogens (tertiary/aromatic N) is 1. The highest BCUT2D eigenvalue weighted by Gasteiger charge is 2.09. The van der Waals surface area contributed by atoms with Gasteiger partial charge in [-0.25, -0.2) is 0 Å². The molecule has 1 N–H and O–H groups in total. The number of hydrogen-bond donors (Lipinski definition) is 1. The van der Waals surface area contributed by atoms with Gasteiger partial charge in [0.1, 0.15) is 0 Å². The molecule has 2 aromatic rings. The van der Waals surface area contributed by atoms with Crippen molar-refractivity contribution in [2.75, 3.05) is 18.9 Å². The number of nitrogens with one attached hydrogen (secondary N) is 1. The molecule has 0 aliphatic rings. The highest BCUT2D eigenvalue weighted by atomic mass is 127. The van der Waals surface area contributed by atoms with Crippen molar-refractivity contribution in [3.8, 4) is 0 Å². The second kappa shape index (κ2) is 7.66. The first-order valence-corrected chi connectivity index (χ1v) is 7.98. The summed E-state index contributed by atoms with van der Waals surface area (Å²) in [7, 11) is 1.80. The van der Waals surface area contributed by atoms with Crippen LogP contribution in [-0.2, 0) is 11.3 Å². The Kier molecular flexibility index (Phi) is 5.87. The van der Waals surface area contributed by atoms with E-state index >= 15 is 0 Å². The van der Waals surface area contributed by atoms with Crippen molar-refractivity contribution < 1.29 is 4.79 Å². The number of halogens is 2. The van der Waals surface area contributed by atoms with Crippen LogP contribution in [0, 0.1) is 3.57 Å². The third kappa shape index (κ3) is 5.21. The molecule has 0 bridgehead atoms. The Bertz CT molecular complexity index is 599. The Labute approximate surface area is 143 Å². The van der Waals surface area contributed by atoms with Crippen molar-refractivity contribution in [3.05, 3.63) is 62.7 Å². The van der Waals surface area contributed by atoms with Gasteiger partial charge in [-0.15, -0.1) is 0 Å². The number of amides is 1. The molecule has 0 saturated carbocycles. The molecule has 1 amide bonds. The maximum atomic E-state index is 12.1. The largest absolute Gasteiger partial charge is 0.376 e. The van der Waals surface area contributed by atoms with Gasteiger partial charge >= 0.3 is 0 Å². The van der Waals surface area contributed by atoms with Crippen LogP contribution in [0.3, 0.4) is 0 Å². The van der Waals surface area contributed by atoms with E-state index in [0.29, 0.717) is 11.6 Å². The van der Waals surface area contributed by atoms with Crippen molar-refractivity contribution >= 4 is 45.8 Å². The van der Waals surface area contributed by atoms with E-state index in [0.717, 1.165) is 11.3 Å². The third-order valence-electron chi connectivity index (χ3n) is 3.05. The lowest BCUT2D eigenvalue weighted by molar-refractivity contribution is -0.128. The Morgan fingerprint density at radius 3 is 2.38 bits per heavy atom. The van der Waals surface area contributed by atoms with Gasteiger partial charge in [-0.05, 0) is 64.6 Å². The average Bonchev–Trinajstić information content (AvgIpc) is 2.48. The molecule has 0 unspecified atom stereocenters. The molecule has 0 fully saturated rings.